The van der Waals surface area contributed by atoms with Gasteiger partial charge in [0.15, 0.2) is 0 Å². The molecule has 0 radical (unpaired) electrons. The SMILES string of the molecule is O=S(=O)(N1CCn2cnnc2C1)N1CCCCC1CCl. The van der Waals surface area contributed by atoms with Crippen molar-refractivity contribution in [3.05, 3.63) is 12.2 Å². The zero-order valence-corrected chi connectivity index (χ0v) is 12.7. The molecular formula is C11H18ClN5O2S. The number of rotatable bonds is 3. The summed E-state index contributed by atoms with van der Waals surface area (Å²) < 4.78 is 30.5. The first-order valence-corrected chi connectivity index (χ1v) is 8.75. The van der Waals surface area contributed by atoms with Gasteiger partial charge in [-0.25, -0.2) is 0 Å². The average Bonchev–Trinajstić information content (AvgIpc) is 2.94. The summed E-state index contributed by atoms with van der Waals surface area (Å²) in [4.78, 5) is 0. The van der Waals surface area contributed by atoms with Crippen LogP contribution in [0.4, 0.5) is 0 Å². The highest BCUT2D eigenvalue weighted by molar-refractivity contribution is 7.86. The normalized spacial score (nSPS) is 25.6. The number of hydrogen-bond donors (Lipinski definition) is 0. The molecule has 9 heteroatoms. The zero-order valence-electron chi connectivity index (χ0n) is 11.2. The predicted octanol–water partition coefficient (Wildman–Crippen LogP) is 0.432. The fourth-order valence-corrected chi connectivity index (χ4v) is 5.03. The lowest BCUT2D eigenvalue weighted by Gasteiger charge is -2.38. The topological polar surface area (TPSA) is 71.3 Å². The second-order valence-corrected chi connectivity index (χ2v) is 7.39. The molecule has 3 rings (SSSR count). The molecule has 1 fully saturated rings. The number of piperidine rings is 1. The Morgan fingerprint density at radius 1 is 1.30 bits per heavy atom. The molecule has 0 saturated carbocycles. The molecule has 3 heterocycles. The van der Waals surface area contributed by atoms with E-state index >= 15 is 0 Å². The molecule has 1 unspecified atom stereocenters. The van der Waals surface area contributed by atoms with Crippen LogP contribution in [0.15, 0.2) is 6.33 Å². The quantitative estimate of drug-likeness (QED) is 0.758. The van der Waals surface area contributed by atoms with Crippen molar-refractivity contribution in [3.8, 4) is 0 Å². The third kappa shape index (κ3) is 2.45. The van der Waals surface area contributed by atoms with Crippen LogP contribution < -0.4 is 0 Å². The van der Waals surface area contributed by atoms with E-state index in [2.05, 4.69) is 10.2 Å². The molecule has 7 nitrogen and oxygen atoms in total. The highest BCUT2D eigenvalue weighted by Gasteiger charge is 2.37. The fraction of sp³-hybridized carbons (Fsp3) is 0.818. The Bertz CT molecular complexity index is 575. The number of fused-ring (bicyclic) bond motifs is 1. The number of nitrogens with zero attached hydrogens (tertiary/aromatic N) is 5. The van der Waals surface area contributed by atoms with E-state index in [1.54, 1.807) is 10.6 Å². The number of halogens is 1. The summed E-state index contributed by atoms with van der Waals surface area (Å²) in [6, 6.07) is -0.0878. The first-order chi connectivity index (χ1) is 9.63. The summed E-state index contributed by atoms with van der Waals surface area (Å²) in [6.45, 7) is 1.90. The van der Waals surface area contributed by atoms with Gasteiger partial charge in [-0.2, -0.15) is 17.0 Å². The van der Waals surface area contributed by atoms with Crippen LogP contribution in [-0.4, -0.2) is 56.8 Å². The molecule has 2 aliphatic rings. The Kier molecular flexibility index (Phi) is 3.98. The minimum Gasteiger partial charge on any atom is -0.315 e. The third-order valence-electron chi connectivity index (χ3n) is 3.98. The minimum absolute atomic E-state index is 0.0878. The van der Waals surface area contributed by atoms with Crippen molar-refractivity contribution in [1.29, 1.82) is 0 Å². The Morgan fingerprint density at radius 2 is 2.15 bits per heavy atom. The van der Waals surface area contributed by atoms with E-state index in [0.717, 1.165) is 19.3 Å². The maximum absolute atomic E-state index is 12.8. The Labute approximate surface area is 123 Å². The summed E-state index contributed by atoms with van der Waals surface area (Å²) in [5.74, 6) is 1.04. The Morgan fingerprint density at radius 3 is 2.95 bits per heavy atom. The van der Waals surface area contributed by atoms with E-state index < -0.39 is 10.2 Å². The molecule has 2 aliphatic heterocycles. The lowest BCUT2D eigenvalue weighted by Crippen LogP contribution is -2.52. The van der Waals surface area contributed by atoms with Crippen LogP contribution in [0.2, 0.25) is 0 Å². The van der Waals surface area contributed by atoms with Crippen LogP contribution in [0, 0.1) is 0 Å². The van der Waals surface area contributed by atoms with Gasteiger partial charge < -0.3 is 4.57 Å². The first kappa shape index (κ1) is 14.2. The smallest absolute Gasteiger partial charge is 0.282 e. The predicted molar refractivity (Wildman–Crippen MR) is 74.4 cm³/mol. The van der Waals surface area contributed by atoms with Gasteiger partial charge in [-0.15, -0.1) is 21.8 Å². The molecule has 0 amide bonds. The second kappa shape index (κ2) is 5.59. The third-order valence-corrected chi connectivity index (χ3v) is 6.37. The molecule has 0 N–H and O–H groups in total. The minimum atomic E-state index is -3.47. The van der Waals surface area contributed by atoms with E-state index in [9.17, 15) is 8.42 Å². The molecule has 1 saturated heterocycles. The molecule has 0 aromatic carbocycles. The lowest BCUT2D eigenvalue weighted by molar-refractivity contribution is 0.234. The van der Waals surface area contributed by atoms with Crippen LogP contribution in [0.5, 0.6) is 0 Å². The van der Waals surface area contributed by atoms with Gasteiger partial charge in [0.05, 0.1) is 6.54 Å². The van der Waals surface area contributed by atoms with Gasteiger partial charge in [0, 0.05) is 31.6 Å². The molecule has 112 valence electrons. The van der Waals surface area contributed by atoms with Crippen molar-refractivity contribution < 1.29 is 8.42 Å². The summed E-state index contributed by atoms with van der Waals surface area (Å²) in [6.07, 6.45) is 4.42. The molecule has 0 spiro atoms. The van der Waals surface area contributed by atoms with Gasteiger partial charge in [0.2, 0.25) is 0 Å². The fourth-order valence-electron chi connectivity index (χ4n) is 2.82. The van der Waals surface area contributed by atoms with Gasteiger partial charge >= 0.3 is 0 Å². The van der Waals surface area contributed by atoms with Crippen molar-refractivity contribution >= 4 is 21.8 Å². The summed E-state index contributed by atoms with van der Waals surface area (Å²) in [5, 5.41) is 7.79. The number of hydrogen-bond acceptors (Lipinski definition) is 4. The number of alkyl halides is 1. The Hall–Kier alpha value is -0.700. The monoisotopic (exact) mass is 319 g/mol. The van der Waals surface area contributed by atoms with E-state index in [-0.39, 0.29) is 12.6 Å². The molecular weight excluding hydrogens is 302 g/mol. The van der Waals surface area contributed by atoms with Gasteiger partial charge in [0.25, 0.3) is 10.2 Å². The van der Waals surface area contributed by atoms with Crippen LogP contribution in [0.25, 0.3) is 0 Å². The summed E-state index contributed by atoms with van der Waals surface area (Å²) in [7, 11) is -3.47. The molecule has 0 aliphatic carbocycles. The van der Waals surface area contributed by atoms with E-state index in [1.807, 2.05) is 4.57 Å². The molecule has 0 bridgehead atoms. The molecule has 1 aromatic rings. The average molecular weight is 320 g/mol. The van der Waals surface area contributed by atoms with Gasteiger partial charge in [0.1, 0.15) is 12.2 Å². The highest BCUT2D eigenvalue weighted by Crippen LogP contribution is 2.25. The standard InChI is InChI=1S/C11H18ClN5O2S/c12-7-10-3-1-2-4-17(10)20(18,19)16-6-5-15-9-13-14-11(15)8-16/h9-10H,1-8H2. The first-order valence-electron chi connectivity index (χ1n) is 6.82. The van der Waals surface area contributed by atoms with Gasteiger partial charge in [-0.05, 0) is 12.8 Å². The largest absolute Gasteiger partial charge is 0.315 e. The van der Waals surface area contributed by atoms with Crippen LogP contribution in [-0.2, 0) is 23.3 Å². The van der Waals surface area contributed by atoms with Crippen molar-refractivity contribution in [1.82, 2.24) is 23.4 Å². The lowest BCUT2D eigenvalue weighted by atomic mass is 10.1. The van der Waals surface area contributed by atoms with Gasteiger partial charge in [-0.1, -0.05) is 6.42 Å². The molecule has 20 heavy (non-hydrogen) atoms. The van der Waals surface area contributed by atoms with Crippen molar-refractivity contribution in [3.63, 3.8) is 0 Å². The van der Waals surface area contributed by atoms with Gasteiger partial charge in [-0.3, -0.25) is 0 Å². The maximum Gasteiger partial charge on any atom is 0.282 e. The van der Waals surface area contributed by atoms with Crippen LogP contribution >= 0.6 is 11.6 Å². The van der Waals surface area contributed by atoms with Crippen LogP contribution in [0.1, 0.15) is 25.1 Å². The summed E-state index contributed by atoms with van der Waals surface area (Å²) >= 11 is 5.93. The zero-order chi connectivity index (χ0) is 14.2. The van der Waals surface area contributed by atoms with E-state index in [4.69, 9.17) is 11.6 Å². The Balaban J connectivity index is 1.81. The molecule has 1 aromatic heterocycles. The van der Waals surface area contributed by atoms with Crippen molar-refractivity contribution in [2.24, 2.45) is 0 Å². The second-order valence-electron chi connectivity index (χ2n) is 5.20. The highest BCUT2D eigenvalue weighted by atomic mass is 35.5. The van der Waals surface area contributed by atoms with E-state index in [1.165, 1.54) is 4.31 Å². The van der Waals surface area contributed by atoms with Crippen molar-refractivity contribution in [2.45, 2.75) is 38.4 Å². The molecule has 1 atom stereocenters. The number of aromatic nitrogens is 3. The van der Waals surface area contributed by atoms with Crippen molar-refractivity contribution in [2.75, 3.05) is 19.0 Å². The van der Waals surface area contributed by atoms with Crippen LogP contribution in [0.3, 0.4) is 0 Å². The summed E-state index contributed by atoms with van der Waals surface area (Å²) in [5.41, 5.74) is 0. The van der Waals surface area contributed by atoms with E-state index in [0.29, 0.717) is 31.3 Å². The maximum atomic E-state index is 12.8.